The van der Waals surface area contributed by atoms with Gasteiger partial charge in [0.2, 0.25) is 0 Å². The van der Waals surface area contributed by atoms with E-state index in [1.165, 1.54) is 22.4 Å². The maximum absolute atomic E-state index is 4.84. The molecule has 0 aliphatic carbocycles. The molecule has 1 heterocycles. The lowest BCUT2D eigenvalue weighted by molar-refractivity contribution is 1.01. The van der Waals surface area contributed by atoms with Crippen molar-refractivity contribution in [2.75, 3.05) is 0 Å². The van der Waals surface area contributed by atoms with Crippen LogP contribution in [0, 0.1) is 27.7 Å². The zero-order valence-electron chi connectivity index (χ0n) is 13.0. The van der Waals surface area contributed by atoms with Crippen molar-refractivity contribution in [3.63, 3.8) is 0 Å². The van der Waals surface area contributed by atoms with Gasteiger partial charge in [0.15, 0.2) is 0 Å². The van der Waals surface area contributed by atoms with E-state index < -0.39 is 0 Å². The van der Waals surface area contributed by atoms with Crippen LogP contribution in [0.4, 0.5) is 0 Å². The molecule has 106 valence electrons. The van der Waals surface area contributed by atoms with E-state index in [1.54, 1.807) is 0 Å². The second-order valence-electron chi connectivity index (χ2n) is 5.54. The van der Waals surface area contributed by atoms with Gasteiger partial charge in [-0.1, -0.05) is 36.4 Å². The standard InChI is InChI=1S/C19H20N2/c1-13-9-8-10-14(2)18(13)19-20-15(3)16(4)21(19)17-11-6-5-7-12-17/h5-12H,1-4H3. The van der Waals surface area contributed by atoms with Crippen LogP contribution in [-0.2, 0) is 0 Å². The number of para-hydroxylation sites is 1. The van der Waals surface area contributed by atoms with Crippen LogP contribution in [0.25, 0.3) is 17.1 Å². The summed E-state index contributed by atoms with van der Waals surface area (Å²) in [5.41, 5.74) is 7.19. The van der Waals surface area contributed by atoms with Crippen molar-refractivity contribution < 1.29 is 0 Å². The summed E-state index contributed by atoms with van der Waals surface area (Å²) in [7, 11) is 0. The molecule has 2 nitrogen and oxygen atoms in total. The highest BCUT2D eigenvalue weighted by Crippen LogP contribution is 2.30. The average molecular weight is 276 g/mol. The first-order chi connectivity index (χ1) is 10.1. The Balaban J connectivity index is 2.33. The van der Waals surface area contributed by atoms with Crippen molar-refractivity contribution in [2.45, 2.75) is 27.7 Å². The van der Waals surface area contributed by atoms with Crippen LogP contribution in [0.15, 0.2) is 48.5 Å². The molecule has 2 aromatic carbocycles. The molecule has 21 heavy (non-hydrogen) atoms. The van der Waals surface area contributed by atoms with Crippen LogP contribution >= 0.6 is 0 Å². The number of imidazole rings is 1. The fourth-order valence-corrected chi connectivity index (χ4v) is 2.84. The van der Waals surface area contributed by atoms with Crippen molar-refractivity contribution in [2.24, 2.45) is 0 Å². The minimum Gasteiger partial charge on any atom is -0.297 e. The molecule has 0 saturated carbocycles. The third kappa shape index (κ3) is 2.27. The van der Waals surface area contributed by atoms with Crippen LogP contribution in [0.3, 0.4) is 0 Å². The van der Waals surface area contributed by atoms with Crippen molar-refractivity contribution in [1.82, 2.24) is 9.55 Å². The van der Waals surface area contributed by atoms with Crippen molar-refractivity contribution in [3.8, 4) is 17.1 Å². The van der Waals surface area contributed by atoms with E-state index in [9.17, 15) is 0 Å². The molecular formula is C19H20N2. The molecule has 0 fully saturated rings. The molecule has 0 unspecified atom stereocenters. The predicted molar refractivity (Wildman–Crippen MR) is 87.9 cm³/mol. The van der Waals surface area contributed by atoms with Gasteiger partial charge in [-0.25, -0.2) is 4.98 Å². The SMILES string of the molecule is Cc1cccc(C)c1-c1nc(C)c(C)n1-c1ccccc1. The quantitative estimate of drug-likeness (QED) is 0.659. The molecule has 1 aromatic heterocycles. The summed E-state index contributed by atoms with van der Waals surface area (Å²) in [4.78, 5) is 4.84. The second kappa shape index (κ2) is 5.21. The van der Waals surface area contributed by atoms with E-state index >= 15 is 0 Å². The Morgan fingerprint density at radius 1 is 0.762 bits per heavy atom. The molecule has 3 rings (SSSR count). The van der Waals surface area contributed by atoms with Crippen LogP contribution in [0.1, 0.15) is 22.5 Å². The molecular weight excluding hydrogens is 256 g/mol. The topological polar surface area (TPSA) is 17.8 Å². The van der Waals surface area contributed by atoms with Crippen molar-refractivity contribution in [1.29, 1.82) is 0 Å². The number of rotatable bonds is 2. The third-order valence-electron chi connectivity index (χ3n) is 4.06. The molecule has 0 atom stereocenters. The molecule has 0 spiro atoms. The lowest BCUT2D eigenvalue weighted by Gasteiger charge is -2.14. The van der Waals surface area contributed by atoms with E-state index in [2.05, 4.69) is 74.7 Å². The summed E-state index contributed by atoms with van der Waals surface area (Å²) < 4.78 is 2.25. The largest absolute Gasteiger partial charge is 0.297 e. The van der Waals surface area contributed by atoms with Crippen molar-refractivity contribution >= 4 is 0 Å². The minimum absolute atomic E-state index is 1.03. The summed E-state index contributed by atoms with van der Waals surface area (Å²) in [6.07, 6.45) is 0. The first kappa shape index (κ1) is 13.6. The van der Waals surface area contributed by atoms with Gasteiger partial charge in [0, 0.05) is 16.9 Å². The van der Waals surface area contributed by atoms with Gasteiger partial charge < -0.3 is 0 Å². The van der Waals surface area contributed by atoms with Gasteiger partial charge in [-0.05, 0) is 51.0 Å². The average Bonchev–Trinajstić information content (AvgIpc) is 2.75. The van der Waals surface area contributed by atoms with E-state index in [-0.39, 0.29) is 0 Å². The van der Waals surface area contributed by atoms with Gasteiger partial charge in [-0.3, -0.25) is 4.57 Å². The molecule has 0 aliphatic heterocycles. The van der Waals surface area contributed by atoms with Gasteiger partial charge in [0.1, 0.15) is 5.82 Å². The molecule has 0 N–H and O–H groups in total. The highest BCUT2D eigenvalue weighted by atomic mass is 15.1. The first-order valence-corrected chi connectivity index (χ1v) is 7.27. The molecule has 3 aromatic rings. The zero-order chi connectivity index (χ0) is 15.0. The number of hydrogen-bond acceptors (Lipinski definition) is 1. The van der Waals surface area contributed by atoms with E-state index in [0.29, 0.717) is 0 Å². The fourth-order valence-electron chi connectivity index (χ4n) is 2.84. The van der Waals surface area contributed by atoms with Crippen LogP contribution in [0.2, 0.25) is 0 Å². The maximum atomic E-state index is 4.84. The number of benzene rings is 2. The van der Waals surface area contributed by atoms with E-state index in [1.807, 2.05) is 6.07 Å². The Labute approximate surface area is 126 Å². The van der Waals surface area contributed by atoms with Crippen LogP contribution < -0.4 is 0 Å². The van der Waals surface area contributed by atoms with Gasteiger partial charge in [0.05, 0.1) is 5.69 Å². The Morgan fingerprint density at radius 2 is 1.38 bits per heavy atom. The molecule has 0 aliphatic rings. The summed E-state index contributed by atoms with van der Waals surface area (Å²) in [6.45, 7) is 8.51. The molecule has 0 bridgehead atoms. The molecule has 0 amide bonds. The minimum atomic E-state index is 1.03. The zero-order valence-corrected chi connectivity index (χ0v) is 13.0. The van der Waals surface area contributed by atoms with Gasteiger partial charge in [-0.2, -0.15) is 0 Å². The lowest BCUT2D eigenvalue weighted by Crippen LogP contribution is -2.01. The van der Waals surface area contributed by atoms with Gasteiger partial charge in [0.25, 0.3) is 0 Å². The van der Waals surface area contributed by atoms with Crippen LogP contribution in [-0.4, -0.2) is 9.55 Å². The number of nitrogens with zero attached hydrogens (tertiary/aromatic N) is 2. The van der Waals surface area contributed by atoms with E-state index in [0.717, 1.165) is 17.2 Å². The first-order valence-electron chi connectivity index (χ1n) is 7.27. The normalized spacial score (nSPS) is 10.9. The highest BCUT2D eigenvalue weighted by Gasteiger charge is 2.17. The third-order valence-corrected chi connectivity index (χ3v) is 4.06. The predicted octanol–water partition coefficient (Wildman–Crippen LogP) is 4.77. The Kier molecular flexibility index (Phi) is 3.38. The Bertz CT molecular complexity index is 763. The Hall–Kier alpha value is -2.35. The van der Waals surface area contributed by atoms with Crippen LogP contribution in [0.5, 0.6) is 0 Å². The monoisotopic (exact) mass is 276 g/mol. The summed E-state index contributed by atoms with van der Waals surface area (Å²) in [5.74, 6) is 1.03. The van der Waals surface area contributed by atoms with E-state index in [4.69, 9.17) is 4.98 Å². The molecule has 0 radical (unpaired) electrons. The number of hydrogen-bond donors (Lipinski definition) is 0. The smallest absolute Gasteiger partial charge is 0.145 e. The summed E-state index contributed by atoms with van der Waals surface area (Å²) in [6, 6.07) is 16.8. The lowest BCUT2D eigenvalue weighted by atomic mass is 10.0. The van der Waals surface area contributed by atoms with Crippen molar-refractivity contribution in [3.05, 3.63) is 71.0 Å². The van der Waals surface area contributed by atoms with Gasteiger partial charge in [-0.15, -0.1) is 0 Å². The highest BCUT2D eigenvalue weighted by molar-refractivity contribution is 5.68. The molecule has 0 saturated heterocycles. The summed E-state index contributed by atoms with van der Waals surface area (Å²) in [5, 5.41) is 0. The summed E-state index contributed by atoms with van der Waals surface area (Å²) >= 11 is 0. The number of aryl methyl sites for hydroxylation is 3. The Morgan fingerprint density at radius 3 is 2.00 bits per heavy atom. The second-order valence-corrected chi connectivity index (χ2v) is 5.54. The molecule has 2 heteroatoms. The fraction of sp³-hybridized carbons (Fsp3) is 0.211. The number of aromatic nitrogens is 2. The maximum Gasteiger partial charge on any atom is 0.145 e. The van der Waals surface area contributed by atoms with Gasteiger partial charge >= 0.3 is 0 Å².